The van der Waals surface area contributed by atoms with Crippen molar-refractivity contribution in [3.05, 3.63) is 36.4 Å². The molecule has 2 aliphatic carbocycles. The Hall–Kier alpha value is -2.76. The van der Waals surface area contributed by atoms with E-state index in [1.807, 2.05) is 24.3 Å². The monoisotopic (exact) mass is 348 g/mol. The number of fused-ring (bicyclic) bond motifs is 3. The van der Waals surface area contributed by atoms with Gasteiger partial charge in [0.25, 0.3) is 0 Å². The van der Waals surface area contributed by atoms with E-state index in [4.69, 9.17) is 9.41 Å². The number of para-hydroxylation sites is 2. The Morgan fingerprint density at radius 2 is 2.12 bits per heavy atom. The highest BCUT2D eigenvalue weighted by Crippen LogP contribution is 2.41. The maximum absolute atomic E-state index is 12.6. The molecule has 1 fully saturated rings. The highest BCUT2D eigenvalue weighted by atomic mass is 16.4. The second kappa shape index (κ2) is 5.90. The molecule has 26 heavy (non-hydrogen) atoms. The third kappa shape index (κ3) is 2.48. The summed E-state index contributed by atoms with van der Waals surface area (Å²) in [6, 6.07) is 8.00. The van der Waals surface area contributed by atoms with Gasteiger partial charge in [0, 0.05) is 12.1 Å². The molecule has 1 aliphatic heterocycles. The largest absolute Gasteiger partial charge is 0.423 e. The van der Waals surface area contributed by atoms with Crippen molar-refractivity contribution in [2.45, 2.75) is 44.1 Å². The number of anilines is 1. The zero-order chi connectivity index (χ0) is 17.6. The number of carbonyl (C=O) groups is 1. The first-order chi connectivity index (χ1) is 12.7. The van der Waals surface area contributed by atoms with Crippen LogP contribution in [0.3, 0.4) is 0 Å². The molecular formula is C20H20N4O2. The maximum atomic E-state index is 12.6. The van der Waals surface area contributed by atoms with Crippen LogP contribution >= 0.6 is 0 Å². The van der Waals surface area contributed by atoms with Crippen LogP contribution in [0.4, 0.5) is 6.01 Å². The number of Topliss-reactive ketones (excluding diaryl/α,β-unsaturated/α-hetero) is 1. The van der Waals surface area contributed by atoms with Gasteiger partial charge in [0.1, 0.15) is 11.3 Å². The van der Waals surface area contributed by atoms with E-state index in [0.29, 0.717) is 18.4 Å². The molecule has 2 aromatic rings. The number of allylic oxidation sites excluding steroid dienone is 1. The third-order valence-corrected chi connectivity index (χ3v) is 5.44. The van der Waals surface area contributed by atoms with Crippen molar-refractivity contribution in [1.82, 2.24) is 4.98 Å². The molecule has 0 radical (unpaired) electrons. The molecule has 1 spiro atoms. The first-order valence-electron chi connectivity index (χ1n) is 9.24. The number of aliphatic imine (C=N–C) groups is 2. The average Bonchev–Trinajstić information content (AvgIpc) is 3.04. The van der Waals surface area contributed by atoms with Crippen molar-refractivity contribution in [2.24, 2.45) is 15.9 Å². The van der Waals surface area contributed by atoms with Gasteiger partial charge in [-0.25, -0.2) is 9.98 Å². The molecule has 3 aliphatic rings. The lowest BCUT2D eigenvalue weighted by molar-refractivity contribution is -0.122. The number of nitrogens with one attached hydrogen (secondary N) is 1. The van der Waals surface area contributed by atoms with E-state index in [1.54, 1.807) is 0 Å². The number of benzene rings is 1. The van der Waals surface area contributed by atoms with Crippen LogP contribution in [-0.2, 0) is 4.79 Å². The molecule has 0 saturated heterocycles. The van der Waals surface area contributed by atoms with Crippen LogP contribution < -0.4 is 5.32 Å². The van der Waals surface area contributed by atoms with Crippen molar-refractivity contribution in [1.29, 1.82) is 0 Å². The van der Waals surface area contributed by atoms with Crippen molar-refractivity contribution in [2.75, 3.05) is 5.32 Å². The summed E-state index contributed by atoms with van der Waals surface area (Å²) in [4.78, 5) is 26.6. The molecule has 132 valence electrons. The summed E-state index contributed by atoms with van der Waals surface area (Å²) in [6.45, 7) is 0. The van der Waals surface area contributed by atoms with Gasteiger partial charge >= 0.3 is 6.01 Å². The van der Waals surface area contributed by atoms with Gasteiger partial charge in [-0.2, -0.15) is 4.98 Å². The van der Waals surface area contributed by atoms with E-state index < -0.39 is 5.54 Å². The zero-order valence-corrected chi connectivity index (χ0v) is 14.4. The normalized spacial score (nSPS) is 28.0. The van der Waals surface area contributed by atoms with Crippen LogP contribution in [-0.4, -0.2) is 28.0 Å². The summed E-state index contributed by atoms with van der Waals surface area (Å²) in [7, 11) is 0. The summed E-state index contributed by atoms with van der Waals surface area (Å²) in [5.74, 6) is 0.553. The molecule has 1 saturated carbocycles. The van der Waals surface area contributed by atoms with Crippen molar-refractivity contribution in [3.63, 3.8) is 0 Å². The number of guanidine groups is 1. The fraction of sp³-hybridized carbons (Fsp3) is 0.400. The lowest BCUT2D eigenvalue weighted by Gasteiger charge is -2.41. The molecule has 0 bridgehead atoms. The van der Waals surface area contributed by atoms with Gasteiger partial charge < -0.3 is 4.42 Å². The fourth-order valence-corrected chi connectivity index (χ4v) is 4.31. The SMILES string of the molecule is O=C1CCCC2=NC(Nc3nc4ccccc4o3)=N[C@]3(C=CCCC3)[C@@H]12. The molecule has 5 rings (SSSR count). The minimum atomic E-state index is -0.499. The first kappa shape index (κ1) is 15.5. The Balaban J connectivity index is 1.54. The van der Waals surface area contributed by atoms with E-state index in [2.05, 4.69) is 27.4 Å². The van der Waals surface area contributed by atoms with Crippen LogP contribution in [0.15, 0.2) is 50.8 Å². The Morgan fingerprint density at radius 1 is 1.19 bits per heavy atom. The van der Waals surface area contributed by atoms with Crippen LogP contribution in [0, 0.1) is 5.92 Å². The van der Waals surface area contributed by atoms with Crippen LogP contribution in [0.5, 0.6) is 0 Å². The number of hydrogen-bond donors (Lipinski definition) is 1. The standard InChI is InChI=1S/C20H20N4O2/c25-15-9-6-8-14-17(15)20(11-4-1-5-12-20)24-18(21-14)23-19-22-13-7-2-3-10-16(13)26-19/h2-4,7,10-11,17H,1,5-6,8-9,12H2,(H,22,23,24)/t17-,20+/m1/s1. The predicted molar refractivity (Wildman–Crippen MR) is 101 cm³/mol. The van der Waals surface area contributed by atoms with E-state index in [1.165, 1.54) is 0 Å². The average molecular weight is 348 g/mol. The molecule has 6 nitrogen and oxygen atoms in total. The van der Waals surface area contributed by atoms with Gasteiger partial charge in [-0.05, 0) is 44.2 Å². The molecule has 2 heterocycles. The molecule has 6 heteroatoms. The number of aromatic nitrogens is 1. The number of carbonyl (C=O) groups excluding carboxylic acids is 1. The van der Waals surface area contributed by atoms with Gasteiger partial charge in [0.2, 0.25) is 5.96 Å². The van der Waals surface area contributed by atoms with E-state index in [9.17, 15) is 4.79 Å². The fourth-order valence-electron chi connectivity index (χ4n) is 4.31. The third-order valence-electron chi connectivity index (χ3n) is 5.44. The molecule has 2 atom stereocenters. The molecular weight excluding hydrogens is 328 g/mol. The minimum Gasteiger partial charge on any atom is -0.423 e. The van der Waals surface area contributed by atoms with Gasteiger partial charge in [-0.3, -0.25) is 10.1 Å². The summed E-state index contributed by atoms with van der Waals surface area (Å²) in [5, 5.41) is 3.13. The van der Waals surface area contributed by atoms with Gasteiger partial charge in [-0.1, -0.05) is 24.3 Å². The molecule has 0 unspecified atom stereocenters. The first-order valence-corrected chi connectivity index (χ1v) is 9.24. The van der Waals surface area contributed by atoms with Gasteiger partial charge in [0.05, 0.1) is 11.5 Å². The van der Waals surface area contributed by atoms with E-state index in [-0.39, 0.29) is 11.7 Å². The lowest BCUT2D eigenvalue weighted by Crippen LogP contribution is -2.50. The Kier molecular flexibility index (Phi) is 3.51. The smallest absolute Gasteiger partial charge is 0.302 e. The number of rotatable bonds is 1. The van der Waals surface area contributed by atoms with Crippen molar-refractivity contribution < 1.29 is 9.21 Å². The van der Waals surface area contributed by atoms with Crippen molar-refractivity contribution in [3.8, 4) is 0 Å². The maximum Gasteiger partial charge on any atom is 0.302 e. The predicted octanol–water partition coefficient (Wildman–Crippen LogP) is 3.90. The quantitative estimate of drug-likeness (QED) is 0.793. The van der Waals surface area contributed by atoms with E-state index >= 15 is 0 Å². The molecule has 1 N–H and O–H groups in total. The summed E-state index contributed by atoms with van der Waals surface area (Å²) < 4.78 is 5.75. The molecule has 1 aromatic carbocycles. The lowest BCUT2D eigenvalue weighted by atomic mass is 9.68. The van der Waals surface area contributed by atoms with E-state index in [0.717, 1.165) is 48.9 Å². The number of nitrogens with zero attached hydrogens (tertiary/aromatic N) is 3. The van der Waals surface area contributed by atoms with Crippen LogP contribution in [0.2, 0.25) is 0 Å². The van der Waals surface area contributed by atoms with Gasteiger partial charge in [-0.15, -0.1) is 0 Å². The van der Waals surface area contributed by atoms with Gasteiger partial charge in [0.15, 0.2) is 5.58 Å². The second-order valence-corrected chi connectivity index (χ2v) is 7.19. The van der Waals surface area contributed by atoms with Crippen molar-refractivity contribution >= 4 is 34.6 Å². The topological polar surface area (TPSA) is 79.9 Å². The highest BCUT2D eigenvalue weighted by molar-refractivity contribution is 6.15. The molecule has 1 aromatic heterocycles. The Bertz CT molecular complexity index is 938. The zero-order valence-electron chi connectivity index (χ0n) is 14.4. The Morgan fingerprint density at radius 3 is 2.96 bits per heavy atom. The number of ketones is 1. The summed E-state index contributed by atoms with van der Waals surface area (Å²) >= 11 is 0. The Labute approximate surface area is 151 Å². The number of hydrogen-bond acceptors (Lipinski definition) is 6. The minimum absolute atomic E-state index is 0.206. The highest BCUT2D eigenvalue weighted by Gasteiger charge is 2.48. The summed E-state index contributed by atoms with van der Waals surface area (Å²) in [5.41, 5.74) is 1.96. The van der Waals surface area contributed by atoms with Crippen LogP contribution in [0.1, 0.15) is 38.5 Å². The second-order valence-electron chi connectivity index (χ2n) is 7.19. The summed E-state index contributed by atoms with van der Waals surface area (Å²) in [6.07, 6.45) is 9.55. The molecule has 0 amide bonds. The van der Waals surface area contributed by atoms with Crippen LogP contribution in [0.25, 0.3) is 11.1 Å². The number of oxazole rings is 1.